The predicted octanol–water partition coefficient (Wildman–Crippen LogP) is 12.3. The van der Waals surface area contributed by atoms with Crippen LogP contribution >= 0.6 is 0 Å². The van der Waals surface area contributed by atoms with E-state index < -0.39 is 17.1 Å². The summed E-state index contributed by atoms with van der Waals surface area (Å²) in [5, 5.41) is 9.50. The van der Waals surface area contributed by atoms with Crippen LogP contribution in [0.15, 0.2) is 109 Å². The van der Waals surface area contributed by atoms with E-state index in [1.807, 2.05) is 0 Å². The summed E-state index contributed by atoms with van der Waals surface area (Å²) < 4.78 is 22.6. The van der Waals surface area contributed by atoms with E-state index >= 15 is 0 Å². The Bertz CT molecular complexity index is 1820. The van der Waals surface area contributed by atoms with Gasteiger partial charge in [0.25, 0.3) is 0 Å². The maximum atomic E-state index is 7.79. The summed E-state index contributed by atoms with van der Waals surface area (Å²) in [5.41, 5.74) is 0.769. The average molecular weight is 631 g/mol. The van der Waals surface area contributed by atoms with Gasteiger partial charge in [-0.3, -0.25) is 0 Å². The van der Waals surface area contributed by atoms with Crippen LogP contribution in [-0.2, 0) is 4.12 Å². The molecule has 0 bridgehead atoms. The van der Waals surface area contributed by atoms with Gasteiger partial charge in [0.2, 0.25) is 0 Å². The molecule has 0 N–H and O–H groups in total. The highest BCUT2D eigenvalue weighted by atomic mass is 28.5. The molecular weight excluding hydrogens is 585 g/mol. The van der Waals surface area contributed by atoms with Crippen molar-refractivity contribution in [3.8, 4) is 11.5 Å². The Morgan fingerprint density at radius 3 is 1.02 bits per heavy atom. The first-order chi connectivity index (χ1) is 21.5. The molecule has 5 heteroatoms. The van der Waals surface area contributed by atoms with Crippen molar-refractivity contribution in [1.82, 2.24) is 0 Å². The third-order valence-electron chi connectivity index (χ3n) is 9.49. The fraction of sp³-hybridized carbons (Fsp3) is 0.300. The second-order valence-corrected chi connectivity index (χ2v) is 22.5. The van der Waals surface area contributed by atoms with Gasteiger partial charge in [-0.2, -0.15) is 0 Å². The second kappa shape index (κ2) is 12.3. The predicted molar refractivity (Wildman–Crippen MR) is 197 cm³/mol. The molecule has 6 aromatic rings. The van der Waals surface area contributed by atoms with Gasteiger partial charge in [-0.1, -0.05) is 128 Å². The Hall–Kier alpha value is -3.65. The van der Waals surface area contributed by atoms with Crippen LogP contribution in [0.2, 0.25) is 22.2 Å². The Morgan fingerprint density at radius 2 is 0.689 bits per heavy atom. The Morgan fingerprint density at radius 1 is 0.378 bits per heavy atom. The molecular formula is C40H46O3Si2. The van der Waals surface area contributed by atoms with Crippen LogP contribution < -0.4 is 8.85 Å². The summed E-state index contributed by atoms with van der Waals surface area (Å²) in [5.74, 6) is 1.80. The summed E-state index contributed by atoms with van der Waals surface area (Å²) in [4.78, 5) is 0. The minimum Gasteiger partial charge on any atom is -0.520 e. The smallest absolute Gasteiger partial charge is 0.396 e. The molecule has 3 nitrogen and oxygen atoms in total. The van der Waals surface area contributed by atoms with E-state index in [1.165, 1.54) is 32.3 Å². The van der Waals surface area contributed by atoms with Gasteiger partial charge < -0.3 is 13.0 Å². The molecule has 0 amide bonds. The summed E-state index contributed by atoms with van der Waals surface area (Å²) in [6.07, 6.45) is 0. The Labute approximate surface area is 270 Å². The summed E-state index contributed by atoms with van der Waals surface area (Å²) in [6.45, 7) is 18.2. The van der Waals surface area contributed by atoms with Crippen LogP contribution in [0, 0.1) is 0 Å². The minimum atomic E-state index is -2.97. The van der Waals surface area contributed by atoms with Crippen LogP contribution in [0.1, 0.15) is 55.4 Å². The summed E-state index contributed by atoms with van der Waals surface area (Å²) in [6, 6.07) is 39.0. The standard InChI is InChI=1S/C40H46O3Si2/c1-27(2)44(28(3)4,41-39-21-13-19-35-23-31-15-9-11-17-33(31)25-37(35)39)43-45(29(5)6,30(7)8)42-40-22-14-20-36-24-32-16-10-12-18-34(32)26-38(36)40/h9-30H,1-8H3. The van der Waals surface area contributed by atoms with Crippen LogP contribution in [0.3, 0.4) is 0 Å². The highest BCUT2D eigenvalue weighted by Crippen LogP contribution is 2.46. The van der Waals surface area contributed by atoms with E-state index in [4.69, 9.17) is 13.0 Å². The normalized spacial score (nSPS) is 12.9. The van der Waals surface area contributed by atoms with Gasteiger partial charge in [0, 0.05) is 32.9 Å². The van der Waals surface area contributed by atoms with E-state index in [0.717, 1.165) is 22.3 Å². The first-order valence-electron chi connectivity index (χ1n) is 16.5. The molecule has 0 aromatic heterocycles. The van der Waals surface area contributed by atoms with Crippen molar-refractivity contribution in [2.75, 3.05) is 0 Å². The zero-order valence-corrected chi connectivity index (χ0v) is 29.9. The zero-order valence-electron chi connectivity index (χ0n) is 27.9. The highest BCUT2D eigenvalue weighted by molar-refractivity contribution is 6.84. The van der Waals surface area contributed by atoms with E-state index in [9.17, 15) is 0 Å². The number of benzene rings is 6. The SMILES string of the molecule is CC(C)[Si](Oc1cccc2cc3ccccc3cc12)(O[Si](Oc1cccc2cc3ccccc3cc12)(C(C)C)C(C)C)C(C)C. The lowest BCUT2D eigenvalue weighted by molar-refractivity contribution is 0.277. The fourth-order valence-electron chi connectivity index (χ4n) is 6.97. The van der Waals surface area contributed by atoms with Crippen LogP contribution in [-0.4, -0.2) is 17.1 Å². The molecule has 232 valence electrons. The molecule has 0 saturated carbocycles. The van der Waals surface area contributed by atoms with Gasteiger partial charge in [0.1, 0.15) is 11.5 Å². The lowest BCUT2D eigenvalue weighted by Crippen LogP contribution is -2.64. The molecule has 0 aliphatic rings. The third-order valence-corrected chi connectivity index (χ3v) is 19.6. The molecule has 0 aliphatic carbocycles. The van der Waals surface area contributed by atoms with Crippen molar-refractivity contribution >= 4 is 60.2 Å². The molecule has 0 atom stereocenters. The average Bonchev–Trinajstić information content (AvgIpc) is 3.02. The van der Waals surface area contributed by atoms with Crippen LogP contribution in [0.5, 0.6) is 11.5 Å². The van der Waals surface area contributed by atoms with Crippen molar-refractivity contribution in [1.29, 1.82) is 0 Å². The number of fused-ring (bicyclic) bond motifs is 4. The number of hydrogen-bond acceptors (Lipinski definition) is 3. The van der Waals surface area contributed by atoms with Gasteiger partial charge in [-0.25, -0.2) is 0 Å². The Balaban J connectivity index is 1.48. The summed E-state index contributed by atoms with van der Waals surface area (Å²) in [7, 11) is -5.93. The zero-order chi connectivity index (χ0) is 31.9. The monoisotopic (exact) mass is 630 g/mol. The highest BCUT2D eigenvalue weighted by Gasteiger charge is 2.59. The molecule has 6 rings (SSSR count). The van der Waals surface area contributed by atoms with E-state index in [1.54, 1.807) is 0 Å². The lowest BCUT2D eigenvalue weighted by Gasteiger charge is -2.47. The van der Waals surface area contributed by atoms with Gasteiger partial charge >= 0.3 is 17.1 Å². The second-order valence-electron chi connectivity index (χ2n) is 13.7. The summed E-state index contributed by atoms with van der Waals surface area (Å²) >= 11 is 0. The molecule has 0 unspecified atom stereocenters. The van der Waals surface area contributed by atoms with Gasteiger partial charge in [-0.15, -0.1) is 0 Å². The lowest BCUT2D eigenvalue weighted by atomic mass is 10.0. The number of hydrogen-bond donors (Lipinski definition) is 0. The Kier molecular flexibility index (Phi) is 8.55. The molecule has 0 saturated heterocycles. The van der Waals surface area contributed by atoms with Gasteiger partial charge in [-0.05, 0) is 68.7 Å². The first kappa shape index (κ1) is 31.3. The van der Waals surface area contributed by atoms with E-state index in [-0.39, 0.29) is 22.2 Å². The minimum absolute atomic E-state index is 0.192. The topological polar surface area (TPSA) is 27.7 Å². The molecule has 0 spiro atoms. The van der Waals surface area contributed by atoms with Crippen molar-refractivity contribution < 1.29 is 13.0 Å². The largest absolute Gasteiger partial charge is 0.520 e. The third kappa shape index (κ3) is 5.67. The van der Waals surface area contributed by atoms with Gasteiger partial charge in [0.05, 0.1) is 0 Å². The van der Waals surface area contributed by atoms with Gasteiger partial charge in [0.15, 0.2) is 0 Å². The quantitative estimate of drug-likeness (QED) is 0.111. The van der Waals surface area contributed by atoms with Crippen molar-refractivity contribution in [2.24, 2.45) is 0 Å². The van der Waals surface area contributed by atoms with Crippen molar-refractivity contribution in [2.45, 2.75) is 77.6 Å². The fourth-order valence-corrected chi connectivity index (χ4v) is 17.7. The maximum absolute atomic E-state index is 7.79. The molecule has 0 fully saturated rings. The molecule has 6 aromatic carbocycles. The molecule has 0 radical (unpaired) electrons. The molecule has 0 heterocycles. The van der Waals surface area contributed by atoms with Crippen LogP contribution in [0.4, 0.5) is 0 Å². The van der Waals surface area contributed by atoms with Crippen molar-refractivity contribution in [3.05, 3.63) is 109 Å². The molecule has 0 aliphatic heterocycles. The maximum Gasteiger partial charge on any atom is 0.396 e. The van der Waals surface area contributed by atoms with E-state index in [0.29, 0.717) is 0 Å². The van der Waals surface area contributed by atoms with Crippen molar-refractivity contribution in [3.63, 3.8) is 0 Å². The number of rotatable bonds is 10. The molecule has 45 heavy (non-hydrogen) atoms. The first-order valence-corrected chi connectivity index (χ1v) is 20.4. The van der Waals surface area contributed by atoms with Crippen LogP contribution in [0.25, 0.3) is 43.1 Å². The van der Waals surface area contributed by atoms with E-state index in [2.05, 4.69) is 165 Å².